The molecule has 0 bridgehead atoms. The minimum atomic E-state index is -0.517. The normalized spacial score (nSPS) is 13.9. The molecule has 3 aromatic carbocycles. The molecular weight excluding hydrogens is 332 g/mol. The first kappa shape index (κ1) is 17.8. The van der Waals surface area contributed by atoms with Crippen molar-refractivity contribution in [1.82, 2.24) is 9.88 Å². The van der Waals surface area contributed by atoms with Crippen molar-refractivity contribution in [2.24, 2.45) is 0 Å². The lowest BCUT2D eigenvalue weighted by Gasteiger charge is -2.20. The maximum absolute atomic E-state index is 10.5. The van der Waals surface area contributed by atoms with Crippen molar-refractivity contribution in [3.05, 3.63) is 83.9 Å². The van der Waals surface area contributed by atoms with Gasteiger partial charge < -0.3 is 15.0 Å². The average Bonchev–Trinajstić information content (AvgIpc) is 3.05. The van der Waals surface area contributed by atoms with Crippen LogP contribution in [0.15, 0.2) is 72.8 Å². The highest BCUT2D eigenvalue weighted by molar-refractivity contribution is 6.08. The minimum absolute atomic E-state index is 0.0277. The molecule has 0 amide bonds. The number of aryl methyl sites for hydroxylation is 1. The third-order valence-electron chi connectivity index (χ3n) is 5.40. The van der Waals surface area contributed by atoms with E-state index in [1.807, 2.05) is 37.3 Å². The molecule has 1 heterocycles. The van der Waals surface area contributed by atoms with Crippen molar-refractivity contribution in [2.75, 3.05) is 0 Å². The molecule has 0 aliphatic rings. The Balaban J connectivity index is 1.57. The Morgan fingerprint density at radius 1 is 0.889 bits per heavy atom. The summed E-state index contributed by atoms with van der Waals surface area (Å²) in [6.07, 6.45) is -0.517. The number of fused-ring (bicyclic) bond motifs is 3. The van der Waals surface area contributed by atoms with Crippen LogP contribution in [0.5, 0.6) is 0 Å². The van der Waals surface area contributed by atoms with Crippen LogP contribution in [0.3, 0.4) is 0 Å². The van der Waals surface area contributed by atoms with Gasteiger partial charge in [-0.25, -0.2) is 0 Å². The van der Waals surface area contributed by atoms with Crippen molar-refractivity contribution in [2.45, 2.75) is 39.1 Å². The highest BCUT2D eigenvalue weighted by Crippen LogP contribution is 2.29. The average molecular weight is 358 g/mol. The van der Waals surface area contributed by atoms with Gasteiger partial charge in [0.2, 0.25) is 0 Å². The molecule has 0 aliphatic heterocycles. The van der Waals surface area contributed by atoms with E-state index >= 15 is 0 Å². The molecule has 0 saturated heterocycles. The lowest BCUT2D eigenvalue weighted by atomic mass is 10.0. The highest BCUT2D eigenvalue weighted by Gasteiger charge is 2.16. The quantitative estimate of drug-likeness (QED) is 0.507. The number of hydrogen-bond donors (Lipinski definition) is 2. The van der Waals surface area contributed by atoms with Gasteiger partial charge in [0.1, 0.15) is 0 Å². The van der Waals surface area contributed by atoms with Crippen molar-refractivity contribution in [3.8, 4) is 0 Å². The van der Waals surface area contributed by atoms with Gasteiger partial charge in [0.25, 0.3) is 0 Å². The molecule has 2 N–H and O–H groups in total. The number of benzene rings is 3. The summed E-state index contributed by atoms with van der Waals surface area (Å²) in [5, 5.41) is 16.6. The summed E-state index contributed by atoms with van der Waals surface area (Å²) < 4.78 is 2.36. The second-order valence-electron chi connectivity index (χ2n) is 7.14. The van der Waals surface area contributed by atoms with Gasteiger partial charge in [-0.3, -0.25) is 0 Å². The zero-order valence-corrected chi connectivity index (χ0v) is 15.9. The summed E-state index contributed by atoms with van der Waals surface area (Å²) in [7, 11) is 0. The van der Waals surface area contributed by atoms with Crippen LogP contribution in [0.1, 0.15) is 31.1 Å². The van der Waals surface area contributed by atoms with Crippen LogP contribution in [-0.4, -0.2) is 15.7 Å². The van der Waals surface area contributed by atoms with Crippen molar-refractivity contribution in [3.63, 3.8) is 0 Å². The summed E-state index contributed by atoms with van der Waals surface area (Å²) in [4.78, 5) is 0. The smallest absolute Gasteiger partial charge is 0.0940 e. The molecule has 138 valence electrons. The topological polar surface area (TPSA) is 37.2 Å². The predicted octanol–water partition coefficient (Wildman–Crippen LogP) is 5.03. The van der Waals surface area contributed by atoms with Crippen LogP contribution < -0.4 is 5.32 Å². The molecule has 3 nitrogen and oxygen atoms in total. The zero-order chi connectivity index (χ0) is 18.8. The van der Waals surface area contributed by atoms with Crippen molar-refractivity contribution in [1.29, 1.82) is 0 Å². The van der Waals surface area contributed by atoms with Gasteiger partial charge in [-0.15, -0.1) is 0 Å². The molecule has 1 aromatic heterocycles. The highest BCUT2D eigenvalue weighted by atomic mass is 16.3. The molecule has 0 spiro atoms. The largest absolute Gasteiger partial charge is 0.387 e. The van der Waals surface area contributed by atoms with Crippen LogP contribution in [0, 0.1) is 0 Å². The SMILES string of the molecule is CCn1c2ccccc2c2cc(CN[C@@H](C)[C@@H](O)c3ccccc3)ccc21. The third-order valence-corrected chi connectivity index (χ3v) is 5.40. The first-order chi connectivity index (χ1) is 13.2. The van der Waals surface area contributed by atoms with Crippen LogP contribution in [0.2, 0.25) is 0 Å². The number of aliphatic hydroxyl groups excluding tert-OH is 1. The van der Waals surface area contributed by atoms with Crippen molar-refractivity contribution < 1.29 is 5.11 Å². The van der Waals surface area contributed by atoms with Gasteiger partial charge in [0.05, 0.1) is 6.10 Å². The molecule has 0 radical (unpaired) electrons. The summed E-state index contributed by atoms with van der Waals surface area (Å²) in [5.41, 5.74) is 4.74. The molecule has 0 aliphatic carbocycles. The Morgan fingerprint density at radius 2 is 1.59 bits per heavy atom. The molecule has 0 fully saturated rings. The Hall–Kier alpha value is -2.62. The van der Waals surface area contributed by atoms with E-state index in [1.54, 1.807) is 0 Å². The molecule has 27 heavy (non-hydrogen) atoms. The standard InChI is InChI=1S/C24H26N2O/c1-3-26-22-12-8-7-11-20(22)21-15-18(13-14-23(21)26)16-25-17(2)24(27)19-9-5-4-6-10-19/h4-15,17,24-25,27H,3,16H2,1-2H3/t17-,24+/m0/s1. The molecule has 0 saturated carbocycles. The van der Waals surface area contributed by atoms with E-state index in [2.05, 4.69) is 59.3 Å². The second-order valence-corrected chi connectivity index (χ2v) is 7.14. The third kappa shape index (κ3) is 3.36. The first-order valence-corrected chi connectivity index (χ1v) is 9.65. The molecule has 4 rings (SSSR count). The van der Waals surface area contributed by atoms with E-state index in [9.17, 15) is 5.11 Å². The molecule has 4 aromatic rings. The number of aliphatic hydroxyl groups is 1. The zero-order valence-electron chi connectivity index (χ0n) is 15.9. The van der Waals surface area contributed by atoms with Crippen LogP contribution in [0.4, 0.5) is 0 Å². The molecule has 0 unspecified atom stereocenters. The van der Waals surface area contributed by atoms with E-state index in [1.165, 1.54) is 27.4 Å². The van der Waals surface area contributed by atoms with Gasteiger partial charge in [-0.05, 0) is 43.2 Å². The summed E-state index contributed by atoms with van der Waals surface area (Å²) >= 11 is 0. The maximum Gasteiger partial charge on any atom is 0.0940 e. The van der Waals surface area contributed by atoms with Gasteiger partial charge in [0, 0.05) is 40.9 Å². The van der Waals surface area contributed by atoms with Gasteiger partial charge >= 0.3 is 0 Å². The van der Waals surface area contributed by atoms with E-state index in [4.69, 9.17) is 0 Å². The summed E-state index contributed by atoms with van der Waals surface area (Å²) in [6.45, 7) is 5.90. The molecular formula is C24H26N2O. The fraction of sp³-hybridized carbons (Fsp3) is 0.250. The monoisotopic (exact) mass is 358 g/mol. The number of para-hydroxylation sites is 1. The van der Waals surface area contributed by atoms with E-state index in [0.717, 1.165) is 18.7 Å². The second kappa shape index (κ2) is 7.55. The number of hydrogen-bond acceptors (Lipinski definition) is 2. The van der Waals surface area contributed by atoms with Crippen molar-refractivity contribution >= 4 is 21.8 Å². The van der Waals surface area contributed by atoms with Crippen LogP contribution in [-0.2, 0) is 13.1 Å². The Kier molecular flexibility index (Phi) is 4.97. The number of aromatic nitrogens is 1. The Morgan fingerprint density at radius 3 is 2.37 bits per heavy atom. The lowest BCUT2D eigenvalue weighted by Crippen LogP contribution is -2.31. The summed E-state index contributed by atoms with van der Waals surface area (Å²) in [5.74, 6) is 0. The Bertz CT molecular complexity index is 1050. The van der Waals surface area contributed by atoms with Gasteiger partial charge in [-0.2, -0.15) is 0 Å². The predicted molar refractivity (Wildman–Crippen MR) is 113 cm³/mol. The summed E-state index contributed by atoms with van der Waals surface area (Å²) in [6, 6.07) is 25.1. The van der Waals surface area contributed by atoms with E-state index in [-0.39, 0.29) is 6.04 Å². The lowest BCUT2D eigenvalue weighted by molar-refractivity contribution is 0.135. The fourth-order valence-corrected chi connectivity index (χ4v) is 3.88. The van der Waals surface area contributed by atoms with Crippen LogP contribution >= 0.6 is 0 Å². The van der Waals surface area contributed by atoms with Gasteiger partial charge in [0.15, 0.2) is 0 Å². The Labute approximate surface area is 160 Å². The van der Waals surface area contributed by atoms with Crippen LogP contribution in [0.25, 0.3) is 21.8 Å². The minimum Gasteiger partial charge on any atom is -0.387 e. The molecule has 3 heteroatoms. The first-order valence-electron chi connectivity index (χ1n) is 9.65. The maximum atomic E-state index is 10.5. The van der Waals surface area contributed by atoms with E-state index in [0.29, 0.717) is 0 Å². The number of nitrogens with zero attached hydrogens (tertiary/aromatic N) is 1. The molecule has 2 atom stereocenters. The number of rotatable bonds is 6. The fourth-order valence-electron chi connectivity index (χ4n) is 3.88. The van der Waals surface area contributed by atoms with E-state index < -0.39 is 6.10 Å². The number of nitrogens with one attached hydrogen (secondary N) is 1. The van der Waals surface area contributed by atoms with Gasteiger partial charge in [-0.1, -0.05) is 54.6 Å².